The largest absolute Gasteiger partial charge is 0.480 e. The molecule has 182 valence electrons. The first kappa shape index (κ1) is 25.5. The van der Waals surface area contributed by atoms with E-state index in [-0.39, 0.29) is 18.3 Å². The topological polar surface area (TPSA) is 156 Å². The zero-order chi connectivity index (χ0) is 24.0. The average molecular weight is 461 g/mol. The van der Waals surface area contributed by atoms with Crippen LogP contribution in [0.4, 0.5) is 5.69 Å². The molecule has 1 aliphatic heterocycles. The Kier molecular flexibility index (Phi) is 8.75. The number of hydrogen-bond acceptors (Lipinski definition) is 7. The molecule has 1 atom stereocenters. The Labute approximate surface area is 195 Å². The zero-order valence-electron chi connectivity index (χ0n) is 19.0. The van der Waals surface area contributed by atoms with E-state index in [4.69, 9.17) is 20.9 Å². The van der Waals surface area contributed by atoms with Crippen molar-refractivity contribution in [1.29, 1.82) is 0 Å². The van der Waals surface area contributed by atoms with E-state index in [9.17, 15) is 14.7 Å². The summed E-state index contributed by atoms with van der Waals surface area (Å²) >= 11 is 0. The highest BCUT2D eigenvalue weighted by molar-refractivity contribution is 6.40. The number of carboxylic acids is 2. The smallest absolute Gasteiger partial charge is 0.451 e. The van der Waals surface area contributed by atoms with E-state index in [0.29, 0.717) is 30.7 Å². The van der Waals surface area contributed by atoms with E-state index < -0.39 is 24.6 Å². The number of unbranched alkanes of at least 4 members (excludes halogenated alkanes) is 1. The highest BCUT2D eigenvalue weighted by Crippen LogP contribution is 2.38. The molecule has 1 saturated carbocycles. The number of nitrogens with one attached hydrogen (secondary N) is 1. The number of aromatic carboxylic acids is 1. The van der Waals surface area contributed by atoms with Crippen LogP contribution >= 0.6 is 0 Å². The zero-order valence-corrected chi connectivity index (χ0v) is 19.0. The molecule has 1 saturated heterocycles. The van der Waals surface area contributed by atoms with E-state index in [0.717, 1.165) is 51.0 Å². The number of aliphatic carboxylic acids is 1. The number of nitrogens with two attached hydrogens (primary N) is 1. The van der Waals surface area contributed by atoms with Crippen molar-refractivity contribution < 1.29 is 29.9 Å². The van der Waals surface area contributed by atoms with Crippen molar-refractivity contribution in [3.05, 3.63) is 29.8 Å². The first-order valence-electron chi connectivity index (χ1n) is 11.9. The van der Waals surface area contributed by atoms with Gasteiger partial charge >= 0.3 is 19.1 Å². The van der Waals surface area contributed by atoms with E-state index >= 15 is 0 Å². The fraction of sp³-hybridized carbons (Fsp3) is 0.652. The van der Waals surface area contributed by atoms with E-state index in [1.807, 2.05) is 12.1 Å². The lowest BCUT2D eigenvalue weighted by Gasteiger charge is -2.45. The molecule has 10 heteroatoms. The second-order valence-corrected chi connectivity index (χ2v) is 9.63. The number of piperidine rings is 1. The van der Waals surface area contributed by atoms with Crippen LogP contribution in [-0.2, 0) is 4.79 Å². The number of benzene rings is 1. The van der Waals surface area contributed by atoms with Gasteiger partial charge in [-0.15, -0.1) is 0 Å². The van der Waals surface area contributed by atoms with E-state index in [1.54, 1.807) is 12.1 Å². The highest BCUT2D eigenvalue weighted by Gasteiger charge is 2.48. The molecule has 7 N–H and O–H groups in total. The summed E-state index contributed by atoms with van der Waals surface area (Å²) in [5.41, 5.74) is 6.37. The Balaban J connectivity index is 1.36. The third-order valence-corrected chi connectivity index (χ3v) is 7.36. The predicted molar refractivity (Wildman–Crippen MR) is 126 cm³/mol. The normalized spacial score (nSPS) is 22.9. The van der Waals surface area contributed by atoms with Crippen LogP contribution in [0.3, 0.4) is 0 Å². The third-order valence-electron chi connectivity index (χ3n) is 7.36. The number of carbonyl (C=O) groups is 2. The molecule has 0 radical (unpaired) electrons. The molecular weight excluding hydrogens is 425 g/mol. The van der Waals surface area contributed by atoms with Gasteiger partial charge in [-0.2, -0.15) is 0 Å². The second kappa shape index (κ2) is 11.3. The summed E-state index contributed by atoms with van der Waals surface area (Å²) in [7, 11) is -1.36. The Morgan fingerprint density at radius 1 is 1.09 bits per heavy atom. The number of nitrogens with zero attached hydrogens (tertiary/aromatic N) is 1. The van der Waals surface area contributed by atoms with Crippen LogP contribution in [0.5, 0.6) is 0 Å². The number of carboxylic acid groups (broad SMARTS) is 2. The van der Waals surface area contributed by atoms with Crippen molar-refractivity contribution in [1.82, 2.24) is 5.32 Å². The Morgan fingerprint density at radius 3 is 2.27 bits per heavy atom. The van der Waals surface area contributed by atoms with Crippen molar-refractivity contribution in [2.75, 3.05) is 24.5 Å². The molecule has 0 aromatic heterocycles. The van der Waals surface area contributed by atoms with Gasteiger partial charge in [-0.1, -0.05) is 12.8 Å². The molecule has 2 fully saturated rings. The monoisotopic (exact) mass is 461 g/mol. The molecule has 1 aromatic carbocycles. The maximum atomic E-state index is 11.8. The van der Waals surface area contributed by atoms with Gasteiger partial charge in [0.2, 0.25) is 0 Å². The van der Waals surface area contributed by atoms with Crippen molar-refractivity contribution in [3.8, 4) is 0 Å². The van der Waals surface area contributed by atoms with Crippen LogP contribution in [0, 0.1) is 11.8 Å². The number of anilines is 1. The quantitative estimate of drug-likeness (QED) is 0.200. The van der Waals surface area contributed by atoms with Gasteiger partial charge in [0.25, 0.3) is 0 Å². The lowest BCUT2D eigenvalue weighted by molar-refractivity contribution is -0.148. The Hall–Kier alpha value is -2.14. The molecule has 0 spiro atoms. The summed E-state index contributed by atoms with van der Waals surface area (Å²) in [6, 6.07) is 7.30. The number of rotatable bonds is 12. The summed E-state index contributed by atoms with van der Waals surface area (Å²) < 4.78 is 0. The van der Waals surface area contributed by atoms with Crippen LogP contribution in [0.2, 0.25) is 6.32 Å². The van der Waals surface area contributed by atoms with Gasteiger partial charge in [-0.25, -0.2) is 4.79 Å². The molecule has 2 aliphatic rings. The minimum atomic E-state index is -1.36. The Morgan fingerprint density at radius 2 is 1.73 bits per heavy atom. The highest BCUT2D eigenvalue weighted by atomic mass is 16.4. The summed E-state index contributed by atoms with van der Waals surface area (Å²) in [6.45, 7) is 2.77. The SMILES string of the molecule is NC(CCCCB(O)O)(C(=O)O)[C@H]1C[C@@H](NCC2CCN(c3ccc(C(=O)O)cc3)CC2)C1. The van der Waals surface area contributed by atoms with Gasteiger partial charge in [-0.3, -0.25) is 4.79 Å². The van der Waals surface area contributed by atoms with Crippen LogP contribution < -0.4 is 16.0 Å². The van der Waals surface area contributed by atoms with Gasteiger partial charge in [0.1, 0.15) is 5.54 Å². The molecule has 0 bridgehead atoms. The molecule has 3 rings (SSSR count). The van der Waals surface area contributed by atoms with Gasteiger partial charge in [0.05, 0.1) is 5.56 Å². The van der Waals surface area contributed by atoms with E-state index in [1.165, 1.54) is 0 Å². The van der Waals surface area contributed by atoms with Gasteiger partial charge in [0.15, 0.2) is 0 Å². The summed E-state index contributed by atoms with van der Waals surface area (Å²) in [4.78, 5) is 25.1. The fourth-order valence-corrected chi connectivity index (χ4v) is 4.98. The maximum Gasteiger partial charge on any atom is 0.451 e. The standard InChI is InChI=1S/C23H36BN3O6/c25-23(22(30)31,9-1-2-10-24(32)33)18-13-19(14-18)26-15-16-7-11-27(12-8-16)20-5-3-17(4-6-20)21(28)29/h3-6,16,18-19,26,32-33H,1-2,7-15,25H2,(H,28,29)(H,30,31)/t18-,19+,23?. The Bertz CT molecular complexity index is 794. The fourth-order valence-electron chi connectivity index (χ4n) is 4.98. The van der Waals surface area contributed by atoms with Crippen molar-refractivity contribution in [2.24, 2.45) is 17.6 Å². The first-order chi connectivity index (χ1) is 15.7. The van der Waals surface area contributed by atoms with Crippen molar-refractivity contribution in [3.63, 3.8) is 0 Å². The number of hydrogen-bond donors (Lipinski definition) is 6. The van der Waals surface area contributed by atoms with Crippen molar-refractivity contribution >= 4 is 24.7 Å². The first-order valence-corrected chi connectivity index (χ1v) is 11.9. The summed E-state index contributed by atoms with van der Waals surface area (Å²) in [5, 5.41) is 40.2. The van der Waals surface area contributed by atoms with Crippen molar-refractivity contribution in [2.45, 2.75) is 62.8 Å². The van der Waals surface area contributed by atoms with Crippen LogP contribution in [0.25, 0.3) is 0 Å². The molecule has 1 aromatic rings. The van der Waals surface area contributed by atoms with Gasteiger partial charge in [-0.05, 0) is 81.1 Å². The van der Waals surface area contributed by atoms with E-state index in [2.05, 4.69) is 10.2 Å². The lowest BCUT2D eigenvalue weighted by Crippen LogP contribution is -2.61. The predicted octanol–water partition coefficient (Wildman–Crippen LogP) is 1.39. The maximum absolute atomic E-state index is 11.8. The molecular formula is C23H36BN3O6. The van der Waals surface area contributed by atoms with Gasteiger partial charge < -0.3 is 36.2 Å². The molecule has 0 amide bonds. The lowest BCUT2D eigenvalue weighted by atomic mass is 9.66. The molecule has 9 nitrogen and oxygen atoms in total. The van der Waals surface area contributed by atoms with Gasteiger partial charge in [0, 0.05) is 24.8 Å². The summed E-state index contributed by atoms with van der Waals surface area (Å²) in [6.07, 6.45) is 5.29. The molecule has 1 aliphatic carbocycles. The minimum Gasteiger partial charge on any atom is -0.480 e. The summed E-state index contributed by atoms with van der Waals surface area (Å²) in [5.74, 6) is -1.40. The molecule has 33 heavy (non-hydrogen) atoms. The van der Waals surface area contributed by atoms with Crippen LogP contribution in [0.1, 0.15) is 55.3 Å². The third kappa shape index (κ3) is 6.69. The molecule has 1 heterocycles. The average Bonchev–Trinajstić information content (AvgIpc) is 2.76. The minimum absolute atomic E-state index is 0.0674. The molecule has 1 unspecified atom stereocenters. The van der Waals surface area contributed by atoms with Crippen LogP contribution in [0.15, 0.2) is 24.3 Å². The second-order valence-electron chi connectivity index (χ2n) is 9.63. The van der Waals surface area contributed by atoms with Crippen LogP contribution in [-0.4, -0.2) is 70.5 Å².